The fraction of sp³-hybridized carbons (Fsp3) is 0.250. The van der Waals surface area contributed by atoms with Gasteiger partial charge in [-0.3, -0.25) is 0 Å². The Kier molecular flexibility index (Phi) is 4.53. The van der Waals surface area contributed by atoms with Gasteiger partial charge in [-0.1, -0.05) is 24.3 Å². The maximum atomic E-state index is 12.6. The lowest BCUT2D eigenvalue weighted by atomic mass is 10.1. The van der Waals surface area contributed by atoms with Crippen molar-refractivity contribution in [2.75, 3.05) is 0 Å². The minimum atomic E-state index is -4.35. The van der Waals surface area contributed by atoms with Crippen LogP contribution in [0.2, 0.25) is 0 Å². The van der Waals surface area contributed by atoms with Crippen LogP contribution in [0.25, 0.3) is 0 Å². The number of alkyl halides is 3. The third-order valence-electron chi connectivity index (χ3n) is 3.02. The third-order valence-corrected chi connectivity index (χ3v) is 3.02. The van der Waals surface area contributed by atoms with Crippen LogP contribution in [0.1, 0.15) is 29.7 Å². The zero-order chi connectivity index (χ0) is 15.5. The molecule has 2 nitrogen and oxygen atoms in total. The largest absolute Gasteiger partial charge is 0.489 e. The van der Waals surface area contributed by atoms with Crippen LogP contribution in [0.4, 0.5) is 13.2 Å². The van der Waals surface area contributed by atoms with Crippen molar-refractivity contribution >= 4 is 0 Å². The third kappa shape index (κ3) is 4.23. The lowest BCUT2D eigenvalue weighted by Gasteiger charge is -2.11. The first-order valence-electron chi connectivity index (χ1n) is 6.43. The fourth-order valence-electron chi connectivity index (χ4n) is 1.85. The molecule has 0 unspecified atom stereocenters. The zero-order valence-corrected chi connectivity index (χ0v) is 11.4. The highest BCUT2D eigenvalue weighted by Crippen LogP contribution is 2.29. The Labute approximate surface area is 120 Å². The highest BCUT2D eigenvalue weighted by Gasteiger charge is 2.30. The molecule has 0 heterocycles. The molecule has 2 aromatic carbocycles. The predicted octanol–water partition coefficient (Wildman–Crippen LogP) is 4.34. The molecule has 0 aliphatic heterocycles. The van der Waals surface area contributed by atoms with Crippen molar-refractivity contribution in [1.82, 2.24) is 0 Å². The Bertz CT molecular complexity index is 589. The minimum Gasteiger partial charge on any atom is -0.489 e. The monoisotopic (exact) mass is 296 g/mol. The minimum absolute atomic E-state index is 0.0535. The van der Waals surface area contributed by atoms with E-state index in [-0.39, 0.29) is 6.61 Å². The molecule has 2 aromatic rings. The van der Waals surface area contributed by atoms with Gasteiger partial charge in [-0.15, -0.1) is 0 Å². The molecule has 1 N–H and O–H groups in total. The van der Waals surface area contributed by atoms with E-state index in [9.17, 15) is 18.3 Å². The quantitative estimate of drug-likeness (QED) is 0.909. The summed E-state index contributed by atoms with van der Waals surface area (Å²) in [5.74, 6) is 0.539. The summed E-state index contributed by atoms with van der Waals surface area (Å²) in [6.45, 7) is 1.70. The number of rotatable bonds is 4. The molecule has 0 amide bonds. The van der Waals surface area contributed by atoms with Gasteiger partial charge in [0, 0.05) is 0 Å². The van der Waals surface area contributed by atoms with E-state index in [1.165, 1.54) is 6.07 Å². The summed E-state index contributed by atoms with van der Waals surface area (Å²) >= 11 is 0. The van der Waals surface area contributed by atoms with Crippen molar-refractivity contribution in [3.8, 4) is 5.75 Å². The van der Waals surface area contributed by atoms with Crippen LogP contribution in [0.3, 0.4) is 0 Å². The summed E-state index contributed by atoms with van der Waals surface area (Å²) in [4.78, 5) is 0. The maximum absolute atomic E-state index is 12.6. The fourth-order valence-corrected chi connectivity index (χ4v) is 1.85. The first-order chi connectivity index (χ1) is 9.86. The molecule has 0 bridgehead atoms. The van der Waals surface area contributed by atoms with Gasteiger partial charge in [-0.2, -0.15) is 13.2 Å². The van der Waals surface area contributed by atoms with Crippen molar-refractivity contribution in [3.63, 3.8) is 0 Å². The zero-order valence-electron chi connectivity index (χ0n) is 11.4. The van der Waals surface area contributed by atoms with Crippen LogP contribution in [0, 0.1) is 0 Å². The molecular weight excluding hydrogens is 281 g/mol. The van der Waals surface area contributed by atoms with Crippen LogP contribution in [-0.4, -0.2) is 5.11 Å². The Morgan fingerprint density at radius 2 is 1.76 bits per heavy atom. The van der Waals surface area contributed by atoms with Gasteiger partial charge in [0.2, 0.25) is 0 Å². The molecule has 112 valence electrons. The molecule has 0 spiro atoms. The Morgan fingerprint density at radius 1 is 1.10 bits per heavy atom. The van der Waals surface area contributed by atoms with Crippen molar-refractivity contribution in [2.24, 2.45) is 0 Å². The molecule has 1 atom stereocenters. The topological polar surface area (TPSA) is 29.5 Å². The van der Waals surface area contributed by atoms with Gasteiger partial charge in [0.05, 0.1) is 11.7 Å². The first kappa shape index (κ1) is 15.4. The summed E-state index contributed by atoms with van der Waals surface area (Å²) in [5.41, 5.74) is 0.513. The number of benzene rings is 2. The van der Waals surface area contributed by atoms with E-state index in [4.69, 9.17) is 4.74 Å². The molecule has 21 heavy (non-hydrogen) atoms. The van der Waals surface area contributed by atoms with Crippen molar-refractivity contribution < 1.29 is 23.0 Å². The van der Waals surface area contributed by atoms with Gasteiger partial charge in [-0.25, -0.2) is 0 Å². The number of ether oxygens (including phenoxy) is 1. The van der Waals surface area contributed by atoms with Crippen molar-refractivity contribution in [1.29, 1.82) is 0 Å². The lowest BCUT2D eigenvalue weighted by Crippen LogP contribution is -2.06. The number of aliphatic hydroxyl groups is 1. The molecule has 0 aliphatic rings. The number of hydrogen-bond donors (Lipinski definition) is 1. The second-order valence-corrected chi connectivity index (χ2v) is 4.73. The summed E-state index contributed by atoms with van der Waals surface area (Å²) in [6.07, 6.45) is -4.92. The first-order valence-corrected chi connectivity index (χ1v) is 6.43. The molecule has 0 fully saturated rings. The van der Waals surface area contributed by atoms with E-state index in [0.29, 0.717) is 11.3 Å². The van der Waals surface area contributed by atoms with Crippen LogP contribution in [0.15, 0.2) is 48.5 Å². The summed E-state index contributed by atoms with van der Waals surface area (Å²) < 4.78 is 43.2. The Balaban J connectivity index is 2.03. The molecule has 0 saturated heterocycles. The molecular formula is C16H15F3O2. The van der Waals surface area contributed by atoms with Crippen LogP contribution in [0.5, 0.6) is 5.75 Å². The van der Waals surface area contributed by atoms with E-state index in [1.807, 2.05) is 0 Å². The van der Waals surface area contributed by atoms with E-state index in [0.717, 1.165) is 17.7 Å². The molecule has 0 aromatic heterocycles. The summed E-state index contributed by atoms with van der Waals surface area (Å²) in [5, 5.41) is 9.38. The van der Waals surface area contributed by atoms with Crippen LogP contribution in [-0.2, 0) is 12.8 Å². The number of hydrogen-bond acceptors (Lipinski definition) is 2. The van der Waals surface area contributed by atoms with Gasteiger partial charge in [0.15, 0.2) is 0 Å². The molecule has 5 heteroatoms. The maximum Gasteiger partial charge on any atom is 0.416 e. The van der Waals surface area contributed by atoms with Crippen molar-refractivity contribution in [3.05, 3.63) is 65.2 Å². The van der Waals surface area contributed by atoms with Crippen molar-refractivity contribution in [2.45, 2.75) is 25.8 Å². The smallest absolute Gasteiger partial charge is 0.416 e. The molecule has 0 aliphatic carbocycles. The van der Waals surface area contributed by atoms with Gasteiger partial charge < -0.3 is 9.84 Å². The highest BCUT2D eigenvalue weighted by atomic mass is 19.4. The molecule has 2 rings (SSSR count). The summed E-state index contributed by atoms with van der Waals surface area (Å²) in [6, 6.07) is 11.8. The van der Waals surface area contributed by atoms with E-state index in [2.05, 4.69) is 0 Å². The standard InChI is InChI=1S/C16H15F3O2/c1-11(20)13-5-7-15(8-6-13)21-10-12-3-2-4-14(9-12)16(17,18)19/h2-9,11,20H,10H2,1H3/t11-/m0/s1. The second-order valence-electron chi connectivity index (χ2n) is 4.73. The summed E-state index contributed by atoms with van der Waals surface area (Å²) in [7, 11) is 0. The van der Waals surface area contributed by atoms with E-state index >= 15 is 0 Å². The van der Waals surface area contributed by atoms with Gasteiger partial charge in [0.1, 0.15) is 12.4 Å². The predicted molar refractivity (Wildman–Crippen MR) is 72.9 cm³/mol. The van der Waals surface area contributed by atoms with E-state index in [1.54, 1.807) is 37.3 Å². The van der Waals surface area contributed by atoms with Gasteiger partial charge in [0.25, 0.3) is 0 Å². The second kappa shape index (κ2) is 6.18. The highest BCUT2D eigenvalue weighted by molar-refractivity contribution is 5.29. The van der Waals surface area contributed by atoms with Gasteiger partial charge in [-0.05, 0) is 42.3 Å². The van der Waals surface area contributed by atoms with Crippen LogP contribution < -0.4 is 4.74 Å². The number of aliphatic hydroxyl groups excluding tert-OH is 1. The lowest BCUT2D eigenvalue weighted by molar-refractivity contribution is -0.137. The SMILES string of the molecule is C[C@H](O)c1ccc(OCc2cccc(C(F)(F)F)c2)cc1. The van der Waals surface area contributed by atoms with Crippen LogP contribution >= 0.6 is 0 Å². The average Bonchev–Trinajstić information content (AvgIpc) is 2.45. The number of halogens is 3. The molecule has 0 radical (unpaired) electrons. The Morgan fingerprint density at radius 3 is 2.33 bits per heavy atom. The molecule has 0 saturated carbocycles. The average molecular weight is 296 g/mol. The van der Waals surface area contributed by atoms with E-state index < -0.39 is 17.8 Å². The van der Waals surface area contributed by atoms with Gasteiger partial charge >= 0.3 is 6.18 Å². The normalized spacial score (nSPS) is 13.0. The Hall–Kier alpha value is -2.01.